The van der Waals surface area contributed by atoms with Crippen molar-refractivity contribution in [1.82, 2.24) is 19.9 Å². The van der Waals surface area contributed by atoms with Crippen LogP contribution >= 0.6 is 0 Å². The number of aryl methyl sites for hydroxylation is 1. The van der Waals surface area contributed by atoms with Crippen molar-refractivity contribution < 1.29 is 5.11 Å². The fraction of sp³-hybridized carbons (Fsp3) is 0.579. The Bertz CT molecular complexity index is 854. The standard InChI is InChI=1S/C19H28N8O/c1-26(2)18-22-11-13-4-6-19(16(13)25-18)5-3-8-27(12-19)15-10-14(21-7-9-28)23-17(20)24-15/h10-11,28H,3-9,12H2,1-2H3,(H3,20,21,23,24). The van der Waals surface area contributed by atoms with E-state index in [-0.39, 0.29) is 18.0 Å². The van der Waals surface area contributed by atoms with E-state index in [1.807, 2.05) is 31.3 Å². The lowest BCUT2D eigenvalue weighted by molar-refractivity contribution is 0.311. The lowest BCUT2D eigenvalue weighted by Gasteiger charge is -2.41. The number of hydrogen-bond acceptors (Lipinski definition) is 9. The van der Waals surface area contributed by atoms with Crippen LogP contribution in [0.3, 0.4) is 0 Å². The summed E-state index contributed by atoms with van der Waals surface area (Å²) >= 11 is 0. The highest BCUT2D eigenvalue weighted by atomic mass is 16.3. The molecule has 0 amide bonds. The van der Waals surface area contributed by atoms with Crippen molar-refractivity contribution in [1.29, 1.82) is 0 Å². The van der Waals surface area contributed by atoms with Gasteiger partial charge in [-0.1, -0.05) is 0 Å². The molecule has 1 fully saturated rings. The third-order valence-electron chi connectivity index (χ3n) is 5.68. The second-order valence-corrected chi connectivity index (χ2v) is 7.86. The van der Waals surface area contributed by atoms with Crippen molar-refractivity contribution in [2.24, 2.45) is 0 Å². The highest BCUT2D eigenvalue weighted by molar-refractivity contribution is 5.54. The largest absolute Gasteiger partial charge is 0.395 e. The van der Waals surface area contributed by atoms with E-state index in [1.54, 1.807) is 0 Å². The van der Waals surface area contributed by atoms with Crippen LogP contribution in [0.25, 0.3) is 0 Å². The number of aliphatic hydroxyl groups is 1. The quantitative estimate of drug-likeness (QED) is 0.688. The molecule has 3 heterocycles. The summed E-state index contributed by atoms with van der Waals surface area (Å²) in [5, 5.41) is 12.1. The highest BCUT2D eigenvalue weighted by Crippen LogP contribution is 2.45. The molecule has 150 valence electrons. The predicted molar refractivity (Wildman–Crippen MR) is 110 cm³/mol. The van der Waals surface area contributed by atoms with Gasteiger partial charge in [0.1, 0.15) is 11.6 Å². The molecular formula is C19H28N8O. The van der Waals surface area contributed by atoms with Gasteiger partial charge in [-0.15, -0.1) is 0 Å². The fourth-order valence-electron chi connectivity index (χ4n) is 4.36. The Kier molecular flexibility index (Phi) is 4.92. The molecule has 0 radical (unpaired) electrons. The molecule has 2 aromatic heterocycles. The monoisotopic (exact) mass is 384 g/mol. The van der Waals surface area contributed by atoms with Gasteiger partial charge in [0.05, 0.1) is 12.3 Å². The molecule has 4 N–H and O–H groups in total. The van der Waals surface area contributed by atoms with E-state index in [0.29, 0.717) is 12.4 Å². The lowest BCUT2D eigenvalue weighted by atomic mass is 9.77. The van der Waals surface area contributed by atoms with Gasteiger partial charge in [-0.25, -0.2) is 9.97 Å². The minimum atomic E-state index is 0.0275. The van der Waals surface area contributed by atoms with Crippen LogP contribution in [-0.4, -0.2) is 65.4 Å². The highest BCUT2D eigenvalue weighted by Gasteiger charge is 2.44. The van der Waals surface area contributed by atoms with Crippen LogP contribution in [-0.2, 0) is 11.8 Å². The number of fused-ring (bicyclic) bond motifs is 2. The van der Waals surface area contributed by atoms with Crippen LogP contribution in [0.5, 0.6) is 0 Å². The Morgan fingerprint density at radius 1 is 1.29 bits per heavy atom. The molecule has 2 aromatic rings. The number of nitrogens with one attached hydrogen (secondary N) is 1. The van der Waals surface area contributed by atoms with Crippen molar-refractivity contribution in [3.05, 3.63) is 23.5 Å². The zero-order valence-corrected chi connectivity index (χ0v) is 16.5. The van der Waals surface area contributed by atoms with Crippen LogP contribution < -0.4 is 20.9 Å². The van der Waals surface area contributed by atoms with Crippen LogP contribution in [0.2, 0.25) is 0 Å². The Balaban J connectivity index is 1.63. The molecule has 1 spiro atoms. The Morgan fingerprint density at radius 3 is 2.93 bits per heavy atom. The maximum absolute atomic E-state index is 9.05. The molecule has 0 bridgehead atoms. The summed E-state index contributed by atoms with van der Waals surface area (Å²) in [5.41, 5.74) is 8.42. The Hall–Kier alpha value is -2.68. The van der Waals surface area contributed by atoms with E-state index in [1.165, 1.54) is 11.3 Å². The number of aromatic nitrogens is 4. The molecule has 1 aliphatic carbocycles. The fourth-order valence-corrected chi connectivity index (χ4v) is 4.36. The molecule has 0 aromatic carbocycles. The van der Waals surface area contributed by atoms with Crippen molar-refractivity contribution in [2.45, 2.75) is 31.1 Å². The second-order valence-electron chi connectivity index (χ2n) is 7.86. The third-order valence-corrected chi connectivity index (χ3v) is 5.68. The first kappa shape index (κ1) is 18.7. The number of piperidine rings is 1. The van der Waals surface area contributed by atoms with E-state index < -0.39 is 0 Å². The number of nitrogens with zero attached hydrogens (tertiary/aromatic N) is 6. The first-order chi connectivity index (χ1) is 13.5. The predicted octanol–water partition coefficient (Wildman–Crippen LogP) is 0.803. The minimum Gasteiger partial charge on any atom is -0.395 e. The molecule has 4 rings (SSSR count). The SMILES string of the molecule is CN(C)c1ncc2c(n1)C1(CCCN(c3cc(NCCO)nc(N)n3)C1)CC2. The maximum Gasteiger partial charge on any atom is 0.225 e. The average Bonchev–Trinajstić information content (AvgIpc) is 3.03. The molecule has 28 heavy (non-hydrogen) atoms. The van der Waals surface area contributed by atoms with Crippen LogP contribution in [0.4, 0.5) is 23.5 Å². The molecule has 1 saturated heterocycles. The van der Waals surface area contributed by atoms with Gasteiger partial charge in [-0.3, -0.25) is 0 Å². The molecular weight excluding hydrogens is 356 g/mol. The normalized spacial score (nSPS) is 21.0. The maximum atomic E-state index is 9.05. The molecule has 9 nitrogen and oxygen atoms in total. The van der Waals surface area contributed by atoms with Crippen molar-refractivity contribution in [3.63, 3.8) is 0 Å². The van der Waals surface area contributed by atoms with E-state index in [2.05, 4.69) is 25.2 Å². The molecule has 0 saturated carbocycles. The van der Waals surface area contributed by atoms with E-state index in [0.717, 1.165) is 50.5 Å². The number of rotatable bonds is 5. The topological polar surface area (TPSA) is 116 Å². The van der Waals surface area contributed by atoms with Crippen LogP contribution in [0, 0.1) is 0 Å². The molecule has 2 aliphatic rings. The third kappa shape index (κ3) is 3.42. The van der Waals surface area contributed by atoms with Crippen molar-refractivity contribution >= 4 is 23.5 Å². The lowest BCUT2D eigenvalue weighted by Crippen LogP contribution is -2.46. The zero-order chi connectivity index (χ0) is 19.7. The van der Waals surface area contributed by atoms with E-state index in [9.17, 15) is 0 Å². The summed E-state index contributed by atoms with van der Waals surface area (Å²) in [6.07, 6.45) is 6.29. The number of nitrogen functional groups attached to an aromatic ring is 1. The molecule has 1 aliphatic heterocycles. The molecule has 1 atom stereocenters. The van der Waals surface area contributed by atoms with Gasteiger partial charge in [0.2, 0.25) is 11.9 Å². The van der Waals surface area contributed by atoms with Crippen LogP contribution in [0.15, 0.2) is 12.3 Å². The number of anilines is 4. The van der Waals surface area contributed by atoms with Gasteiger partial charge >= 0.3 is 0 Å². The van der Waals surface area contributed by atoms with E-state index >= 15 is 0 Å². The summed E-state index contributed by atoms with van der Waals surface area (Å²) in [4.78, 5) is 22.3. The summed E-state index contributed by atoms with van der Waals surface area (Å²) in [6.45, 7) is 2.26. The second kappa shape index (κ2) is 7.38. The smallest absolute Gasteiger partial charge is 0.225 e. The van der Waals surface area contributed by atoms with Crippen molar-refractivity contribution in [2.75, 3.05) is 61.2 Å². The van der Waals surface area contributed by atoms with E-state index in [4.69, 9.17) is 15.8 Å². The number of aliphatic hydroxyl groups excluding tert-OH is 1. The number of nitrogens with two attached hydrogens (primary N) is 1. The van der Waals surface area contributed by atoms with Gasteiger partial charge < -0.3 is 26.0 Å². The summed E-state index contributed by atoms with van der Waals surface area (Å²) in [6, 6.07) is 1.91. The summed E-state index contributed by atoms with van der Waals surface area (Å²) in [5.74, 6) is 2.46. The van der Waals surface area contributed by atoms with Gasteiger partial charge in [-0.05, 0) is 31.2 Å². The molecule has 9 heteroatoms. The Labute approximate surface area is 165 Å². The van der Waals surface area contributed by atoms with Gasteiger partial charge in [0.25, 0.3) is 0 Å². The zero-order valence-electron chi connectivity index (χ0n) is 16.5. The van der Waals surface area contributed by atoms with Gasteiger partial charge in [0, 0.05) is 51.4 Å². The first-order valence-corrected chi connectivity index (χ1v) is 9.79. The van der Waals surface area contributed by atoms with Crippen LogP contribution in [0.1, 0.15) is 30.5 Å². The van der Waals surface area contributed by atoms with Gasteiger partial charge in [-0.2, -0.15) is 9.97 Å². The van der Waals surface area contributed by atoms with Gasteiger partial charge in [0.15, 0.2) is 0 Å². The number of hydrogen-bond donors (Lipinski definition) is 3. The minimum absolute atomic E-state index is 0.0275. The average molecular weight is 384 g/mol. The Morgan fingerprint density at radius 2 is 2.14 bits per heavy atom. The summed E-state index contributed by atoms with van der Waals surface area (Å²) < 4.78 is 0. The first-order valence-electron chi connectivity index (χ1n) is 9.79. The van der Waals surface area contributed by atoms with Crippen molar-refractivity contribution in [3.8, 4) is 0 Å². The summed E-state index contributed by atoms with van der Waals surface area (Å²) in [7, 11) is 3.95. The molecule has 1 unspecified atom stereocenters.